The number of carbonyl (C=O) groups excluding carboxylic acids is 1. The number of benzene rings is 2. The topological polar surface area (TPSA) is 66.0 Å². The molecule has 3 aromatic rings. The van der Waals surface area contributed by atoms with Gasteiger partial charge in [-0.15, -0.1) is 0 Å². The van der Waals surface area contributed by atoms with Gasteiger partial charge in [0, 0.05) is 15.2 Å². The Balaban J connectivity index is 1.81. The van der Waals surface area contributed by atoms with E-state index in [0.717, 1.165) is 9.13 Å². The molecule has 1 aromatic heterocycles. The molecule has 0 spiro atoms. The minimum absolute atomic E-state index is 0.0198. The Hall–Kier alpha value is -2.85. The number of rotatable bonds is 4. The number of hydrogen-bond acceptors (Lipinski definition) is 3. The van der Waals surface area contributed by atoms with Crippen molar-refractivity contribution in [2.45, 2.75) is 0 Å². The van der Waals surface area contributed by atoms with Gasteiger partial charge in [0.05, 0.1) is 5.69 Å². The SMILES string of the molecule is N#CC(=Cc1ccc(-c2ccccc2)o1)C(=O)Nc1ccccc1I. The summed E-state index contributed by atoms with van der Waals surface area (Å²) in [5.74, 6) is 0.666. The van der Waals surface area contributed by atoms with Gasteiger partial charge < -0.3 is 9.73 Å². The van der Waals surface area contributed by atoms with E-state index in [0.29, 0.717) is 17.2 Å². The smallest absolute Gasteiger partial charge is 0.266 e. The van der Waals surface area contributed by atoms with Crippen LogP contribution in [0.5, 0.6) is 0 Å². The lowest BCUT2D eigenvalue weighted by molar-refractivity contribution is -0.112. The summed E-state index contributed by atoms with van der Waals surface area (Å²) in [5, 5.41) is 12.0. The van der Waals surface area contributed by atoms with Gasteiger partial charge in [0.15, 0.2) is 0 Å². The molecular weight excluding hydrogens is 427 g/mol. The predicted octanol–water partition coefficient (Wildman–Crippen LogP) is 5.10. The summed E-state index contributed by atoms with van der Waals surface area (Å²) >= 11 is 2.13. The minimum atomic E-state index is -0.468. The second kappa shape index (κ2) is 7.81. The zero-order valence-corrected chi connectivity index (χ0v) is 15.2. The molecule has 0 unspecified atom stereocenters. The van der Waals surface area contributed by atoms with Crippen LogP contribution >= 0.6 is 22.6 Å². The van der Waals surface area contributed by atoms with Crippen LogP contribution in [-0.4, -0.2) is 5.91 Å². The normalized spacial score (nSPS) is 11.0. The average Bonchev–Trinajstić information content (AvgIpc) is 3.11. The number of para-hydroxylation sites is 1. The molecule has 0 saturated carbocycles. The Morgan fingerprint density at radius 2 is 1.76 bits per heavy atom. The molecule has 0 atom stereocenters. The fourth-order valence-corrected chi connectivity index (χ4v) is 2.75. The summed E-state index contributed by atoms with van der Waals surface area (Å²) in [4.78, 5) is 12.3. The van der Waals surface area contributed by atoms with Gasteiger partial charge in [0.25, 0.3) is 5.91 Å². The molecule has 0 bridgehead atoms. The molecule has 0 aliphatic carbocycles. The van der Waals surface area contributed by atoms with Crippen molar-refractivity contribution in [2.24, 2.45) is 0 Å². The first-order chi connectivity index (χ1) is 12.2. The van der Waals surface area contributed by atoms with Crippen LogP contribution in [0, 0.1) is 14.9 Å². The van der Waals surface area contributed by atoms with E-state index in [9.17, 15) is 10.1 Å². The molecule has 2 aromatic carbocycles. The summed E-state index contributed by atoms with van der Waals surface area (Å²) in [7, 11) is 0. The van der Waals surface area contributed by atoms with Crippen LogP contribution in [0.4, 0.5) is 5.69 Å². The van der Waals surface area contributed by atoms with E-state index in [1.54, 1.807) is 12.1 Å². The highest BCUT2D eigenvalue weighted by atomic mass is 127. The van der Waals surface area contributed by atoms with E-state index in [4.69, 9.17) is 4.42 Å². The van der Waals surface area contributed by atoms with E-state index in [1.807, 2.05) is 60.7 Å². The van der Waals surface area contributed by atoms with E-state index < -0.39 is 5.91 Å². The molecule has 1 heterocycles. The molecule has 25 heavy (non-hydrogen) atoms. The summed E-state index contributed by atoms with van der Waals surface area (Å²) < 4.78 is 6.62. The lowest BCUT2D eigenvalue weighted by Crippen LogP contribution is -2.14. The first-order valence-corrected chi connectivity index (χ1v) is 8.58. The Morgan fingerprint density at radius 3 is 2.48 bits per heavy atom. The fourth-order valence-electron chi connectivity index (χ4n) is 2.23. The molecule has 0 aliphatic rings. The van der Waals surface area contributed by atoms with E-state index in [2.05, 4.69) is 27.9 Å². The summed E-state index contributed by atoms with van der Waals surface area (Å²) in [6.45, 7) is 0. The third-order valence-corrected chi connectivity index (χ3v) is 4.40. The zero-order chi connectivity index (χ0) is 17.6. The number of nitriles is 1. The van der Waals surface area contributed by atoms with Crippen molar-refractivity contribution in [3.8, 4) is 17.4 Å². The van der Waals surface area contributed by atoms with Gasteiger partial charge in [-0.05, 0) is 46.9 Å². The van der Waals surface area contributed by atoms with Crippen LogP contribution in [0.25, 0.3) is 17.4 Å². The quantitative estimate of drug-likeness (QED) is 0.349. The number of halogens is 1. The second-order valence-electron chi connectivity index (χ2n) is 5.17. The second-order valence-corrected chi connectivity index (χ2v) is 6.33. The monoisotopic (exact) mass is 440 g/mol. The van der Waals surface area contributed by atoms with Crippen LogP contribution in [-0.2, 0) is 4.79 Å². The van der Waals surface area contributed by atoms with Crippen LogP contribution in [0.3, 0.4) is 0 Å². The standard InChI is InChI=1S/C20H13IN2O2/c21-17-8-4-5-9-18(17)23-20(24)15(13-22)12-16-10-11-19(25-16)14-6-2-1-3-7-14/h1-12H,(H,23,24). The maximum Gasteiger partial charge on any atom is 0.266 e. The third-order valence-electron chi connectivity index (χ3n) is 3.46. The highest BCUT2D eigenvalue weighted by Gasteiger charge is 2.12. The maximum atomic E-state index is 12.3. The van der Waals surface area contributed by atoms with Crippen LogP contribution in [0.2, 0.25) is 0 Å². The van der Waals surface area contributed by atoms with Crippen molar-refractivity contribution >= 4 is 40.3 Å². The largest absolute Gasteiger partial charge is 0.457 e. The molecular formula is C20H13IN2O2. The van der Waals surface area contributed by atoms with Crippen LogP contribution < -0.4 is 5.32 Å². The first kappa shape index (κ1) is 17.0. The molecule has 3 rings (SSSR count). The number of anilines is 1. The van der Waals surface area contributed by atoms with Gasteiger partial charge in [-0.25, -0.2) is 0 Å². The molecule has 1 amide bonds. The minimum Gasteiger partial charge on any atom is -0.457 e. The average molecular weight is 440 g/mol. The van der Waals surface area contributed by atoms with Gasteiger partial charge >= 0.3 is 0 Å². The van der Waals surface area contributed by atoms with Crippen molar-refractivity contribution in [1.82, 2.24) is 0 Å². The summed E-state index contributed by atoms with van der Waals surface area (Å²) in [6, 6.07) is 22.5. The number of hydrogen-bond donors (Lipinski definition) is 1. The number of carbonyl (C=O) groups is 1. The lowest BCUT2D eigenvalue weighted by Gasteiger charge is -2.05. The van der Waals surface area contributed by atoms with Gasteiger partial charge in [0.1, 0.15) is 23.2 Å². The Labute approximate surface area is 158 Å². The molecule has 0 radical (unpaired) electrons. The zero-order valence-electron chi connectivity index (χ0n) is 13.1. The molecule has 0 aliphatic heterocycles. The van der Waals surface area contributed by atoms with Crippen molar-refractivity contribution in [3.63, 3.8) is 0 Å². The van der Waals surface area contributed by atoms with Crippen molar-refractivity contribution in [1.29, 1.82) is 5.26 Å². The Morgan fingerprint density at radius 1 is 1.04 bits per heavy atom. The van der Waals surface area contributed by atoms with Gasteiger partial charge in [-0.1, -0.05) is 42.5 Å². The van der Waals surface area contributed by atoms with Crippen molar-refractivity contribution < 1.29 is 9.21 Å². The summed E-state index contributed by atoms with van der Waals surface area (Å²) in [6.07, 6.45) is 1.44. The van der Waals surface area contributed by atoms with Crippen molar-refractivity contribution in [2.75, 3.05) is 5.32 Å². The van der Waals surface area contributed by atoms with E-state index >= 15 is 0 Å². The van der Waals surface area contributed by atoms with Gasteiger partial charge in [-0.2, -0.15) is 5.26 Å². The van der Waals surface area contributed by atoms with Crippen LogP contribution in [0.15, 0.2) is 76.7 Å². The summed E-state index contributed by atoms with van der Waals surface area (Å²) in [5.41, 5.74) is 1.58. The molecule has 122 valence electrons. The fraction of sp³-hybridized carbons (Fsp3) is 0. The van der Waals surface area contributed by atoms with Crippen molar-refractivity contribution in [3.05, 3.63) is 81.6 Å². The highest BCUT2D eigenvalue weighted by molar-refractivity contribution is 14.1. The van der Waals surface area contributed by atoms with E-state index in [1.165, 1.54) is 6.08 Å². The highest BCUT2D eigenvalue weighted by Crippen LogP contribution is 2.23. The molecule has 5 heteroatoms. The first-order valence-electron chi connectivity index (χ1n) is 7.50. The molecule has 4 nitrogen and oxygen atoms in total. The number of amides is 1. The third kappa shape index (κ3) is 4.17. The molecule has 0 fully saturated rings. The number of furan rings is 1. The molecule has 0 saturated heterocycles. The van der Waals surface area contributed by atoms with Gasteiger partial charge in [0.2, 0.25) is 0 Å². The van der Waals surface area contributed by atoms with Gasteiger partial charge in [-0.3, -0.25) is 4.79 Å². The number of nitrogens with zero attached hydrogens (tertiary/aromatic N) is 1. The lowest BCUT2D eigenvalue weighted by atomic mass is 10.2. The van der Waals surface area contributed by atoms with E-state index in [-0.39, 0.29) is 5.57 Å². The molecule has 1 N–H and O–H groups in total. The van der Waals surface area contributed by atoms with Crippen LogP contribution in [0.1, 0.15) is 5.76 Å². The predicted molar refractivity (Wildman–Crippen MR) is 106 cm³/mol. The maximum absolute atomic E-state index is 12.3. The number of nitrogens with one attached hydrogen (secondary N) is 1. The Kier molecular flexibility index (Phi) is 5.31. The Bertz CT molecular complexity index is 969.